The zero-order valence-corrected chi connectivity index (χ0v) is 18.2. The van der Waals surface area contributed by atoms with Crippen molar-refractivity contribution in [3.05, 3.63) is 80.7 Å². The number of pyridine rings is 1. The Hall–Kier alpha value is -2.75. The lowest BCUT2D eigenvalue weighted by Crippen LogP contribution is -2.31. The van der Waals surface area contributed by atoms with Gasteiger partial charge in [0.1, 0.15) is 0 Å². The van der Waals surface area contributed by atoms with Gasteiger partial charge >= 0.3 is 5.76 Å². The van der Waals surface area contributed by atoms with E-state index in [0.29, 0.717) is 24.2 Å². The highest BCUT2D eigenvalue weighted by Gasteiger charge is 2.25. The molecule has 0 radical (unpaired) electrons. The molecule has 0 bridgehead atoms. The number of hydrogen-bond acceptors (Lipinski definition) is 6. The molecule has 30 heavy (non-hydrogen) atoms. The number of sulfonamides is 1. The minimum Gasteiger partial charge on any atom is -0.408 e. The highest BCUT2D eigenvalue weighted by molar-refractivity contribution is 7.89. The summed E-state index contributed by atoms with van der Waals surface area (Å²) in [6.07, 6.45) is 2.13. The quantitative estimate of drug-likeness (QED) is 0.471. The molecule has 3 heterocycles. The predicted molar refractivity (Wildman–Crippen MR) is 116 cm³/mol. The molecular weight excluding hydrogens is 422 g/mol. The highest BCUT2D eigenvalue weighted by atomic mass is 32.2. The summed E-state index contributed by atoms with van der Waals surface area (Å²) in [6, 6.07) is 9.64. The van der Waals surface area contributed by atoms with Crippen LogP contribution in [0.15, 0.2) is 67.5 Å². The molecule has 0 aliphatic carbocycles. The normalized spacial score (nSPS) is 13.0. The summed E-state index contributed by atoms with van der Waals surface area (Å²) in [7, 11) is -3.89. The van der Waals surface area contributed by atoms with E-state index in [1.165, 1.54) is 16.7 Å². The smallest absolute Gasteiger partial charge is 0.408 e. The maximum Gasteiger partial charge on any atom is 0.419 e. The van der Waals surface area contributed by atoms with Gasteiger partial charge in [-0.1, -0.05) is 6.07 Å². The van der Waals surface area contributed by atoms with E-state index in [1.54, 1.807) is 23.6 Å². The number of aryl methyl sites for hydroxylation is 2. The van der Waals surface area contributed by atoms with Gasteiger partial charge in [0.2, 0.25) is 10.0 Å². The second kappa shape index (κ2) is 8.17. The maximum atomic E-state index is 13.2. The maximum absolute atomic E-state index is 13.2. The molecule has 9 heteroatoms. The highest BCUT2D eigenvalue weighted by Crippen LogP contribution is 2.25. The van der Waals surface area contributed by atoms with E-state index in [1.807, 2.05) is 42.8 Å². The summed E-state index contributed by atoms with van der Waals surface area (Å²) < 4.78 is 35.9. The van der Waals surface area contributed by atoms with Crippen molar-refractivity contribution < 1.29 is 12.8 Å². The number of oxazole rings is 1. The molecule has 4 aromatic rings. The van der Waals surface area contributed by atoms with E-state index >= 15 is 0 Å². The van der Waals surface area contributed by atoms with Crippen molar-refractivity contribution in [2.75, 3.05) is 0 Å². The van der Waals surface area contributed by atoms with Crippen LogP contribution in [0, 0.1) is 6.92 Å². The predicted octanol–water partition coefficient (Wildman–Crippen LogP) is 3.64. The third-order valence-corrected chi connectivity index (χ3v) is 7.16. The topological polar surface area (TPSA) is 94.2 Å². The van der Waals surface area contributed by atoms with Crippen LogP contribution in [-0.2, 0) is 23.0 Å². The van der Waals surface area contributed by atoms with Gasteiger partial charge in [-0.15, -0.1) is 0 Å². The van der Waals surface area contributed by atoms with Crippen LogP contribution in [0.5, 0.6) is 0 Å². The molecule has 1 unspecified atom stereocenters. The molecule has 0 amide bonds. The van der Waals surface area contributed by atoms with Gasteiger partial charge in [-0.05, 0) is 66.4 Å². The molecular formula is C21H21N3O4S2. The lowest BCUT2D eigenvalue weighted by atomic mass is 10.0. The van der Waals surface area contributed by atoms with Crippen LogP contribution in [0.2, 0.25) is 0 Å². The lowest BCUT2D eigenvalue weighted by molar-refractivity contribution is 0.512. The van der Waals surface area contributed by atoms with Crippen molar-refractivity contribution in [1.82, 2.24) is 14.3 Å². The largest absolute Gasteiger partial charge is 0.419 e. The minimum atomic E-state index is -3.89. The van der Waals surface area contributed by atoms with Gasteiger partial charge in [0.15, 0.2) is 5.58 Å². The van der Waals surface area contributed by atoms with Crippen LogP contribution in [-0.4, -0.2) is 18.0 Å². The molecule has 0 spiro atoms. The number of benzene rings is 1. The molecule has 1 atom stereocenters. The van der Waals surface area contributed by atoms with Crippen LogP contribution >= 0.6 is 11.3 Å². The van der Waals surface area contributed by atoms with Crippen molar-refractivity contribution in [1.29, 1.82) is 0 Å². The summed E-state index contributed by atoms with van der Waals surface area (Å²) in [5, 5.41) is 3.95. The van der Waals surface area contributed by atoms with Crippen molar-refractivity contribution in [2.45, 2.75) is 37.8 Å². The Morgan fingerprint density at radius 1 is 1.27 bits per heavy atom. The molecule has 0 saturated heterocycles. The van der Waals surface area contributed by atoms with Crippen molar-refractivity contribution in [3.63, 3.8) is 0 Å². The van der Waals surface area contributed by atoms with Crippen LogP contribution < -0.4 is 10.5 Å². The summed E-state index contributed by atoms with van der Waals surface area (Å²) >= 11 is 1.56. The Bertz CT molecular complexity index is 1340. The summed E-state index contributed by atoms with van der Waals surface area (Å²) in [5.74, 6) is -0.505. The first-order valence-electron chi connectivity index (χ1n) is 9.47. The second-order valence-electron chi connectivity index (χ2n) is 6.96. The molecule has 7 nitrogen and oxygen atoms in total. The van der Waals surface area contributed by atoms with Gasteiger partial charge < -0.3 is 4.42 Å². The first-order chi connectivity index (χ1) is 14.4. The number of nitrogens with one attached hydrogen (secondary N) is 1. The monoisotopic (exact) mass is 443 g/mol. The fraction of sp³-hybridized carbons (Fsp3) is 0.238. The van der Waals surface area contributed by atoms with Gasteiger partial charge in [-0.25, -0.2) is 17.9 Å². The number of aromatic nitrogens is 2. The molecule has 0 aliphatic rings. The summed E-state index contributed by atoms with van der Waals surface area (Å²) in [5.41, 5.74) is 3.42. The van der Waals surface area contributed by atoms with Crippen LogP contribution in [0.25, 0.3) is 11.1 Å². The van der Waals surface area contributed by atoms with Crippen LogP contribution in [0.3, 0.4) is 0 Å². The number of rotatable bonds is 7. The molecule has 1 aromatic carbocycles. The molecule has 3 aromatic heterocycles. The number of thiophene rings is 1. The fourth-order valence-electron chi connectivity index (χ4n) is 3.47. The average Bonchev–Trinajstić information content (AvgIpc) is 3.33. The van der Waals surface area contributed by atoms with Crippen molar-refractivity contribution >= 4 is 32.5 Å². The molecule has 4 rings (SSSR count). The van der Waals surface area contributed by atoms with Crippen LogP contribution in [0.4, 0.5) is 0 Å². The van der Waals surface area contributed by atoms with E-state index in [-0.39, 0.29) is 10.5 Å². The number of fused-ring (bicyclic) bond motifs is 1. The SMILES string of the molecule is CCn1c(=O)oc2cc(S(=O)(=O)NC(Cc3ccsc3)c3ncccc3C)ccc21. The Morgan fingerprint density at radius 3 is 2.80 bits per heavy atom. The Balaban J connectivity index is 1.72. The minimum absolute atomic E-state index is 0.0379. The van der Waals surface area contributed by atoms with Crippen molar-refractivity contribution in [3.8, 4) is 0 Å². The zero-order valence-electron chi connectivity index (χ0n) is 16.5. The van der Waals surface area contributed by atoms with E-state index in [0.717, 1.165) is 11.1 Å². The first-order valence-corrected chi connectivity index (χ1v) is 11.9. The van der Waals surface area contributed by atoms with E-state index in [4.69, 9.17) is 4.42 Å². The first kappa shape index (κ1) is 20.5. The molecule has 0 aliphatic heterocycles. The van der Waals surface area contributed by atoms with Gasteiger partial charge in [0.05, 0.1) is 22.1 Å². The van der Waals surface area contributed by atoms with Gasteiger partial charge in [0, 0.05) is 18.8 Å². The standard InChI is InChI=1S/C21H21N3O4S2/c1-3-24-18-7-6-16(12-19(18)28-21(24)25)30(26,27)23-17(11-15-8-10-29-13-15)20-14(2)5-4-9-22-20/h4-10,12-13,17,23H,3,11H2,1-2H3. The zero-order chi connectivity index (χ0) is 21.3. The molecule has 1 N–H and O–H groups in total. The Morgan fingerprint density at radius 2 is 2.10 bits per heavy atom. The lowest BCUT2D eigenvalue weighted by Gasteiger charge is -2.19. The van der Waals surface area contributed by atoms with Gasteiger partial charge in [0.25, 0.3) is 0 Å². The van der Waals surface area contributed by atoms with Crippen LogP contribution in [0.1, 0.15) is 29.8 Å². The van der Waals surface area contributed by atoms with Gasteiger partial charge in [-0.2, -0.15) is 11.3 Å². The third-order valence-electron chi connectivity index (χ3n) is 4.96. The van der Waals surface area contributed by atoms with Gasteiger partial charge in [-0.3, -0.25) is 9.55 Å². The third kappa shape index (κ3) is 3.96. The Kier molecular flexibility index (Phi) is 5.59. The average molecular weight is 444 g/mol. The van der Waals surface area contributed by atoms with E-state index in [9.17, 15) is 13.2 Å². The Labute approximate surface area is 178 Å². The second-order valence-corrected chi connectivity index (χ2v) is 9.45. The fourth-order valence-corrected chi connectivity index (χ4v) is 5.37. The molecule has 156 valence electrons. The summed E-state index contributed by atoms with van der Waals surface area (Å²) in [4.78, 5) is 16.4. The number of nitrogens with zero attached hydrogens (tertiary/aromatic N) is 2. The molecule has 0 saturated carbocycles. The molecule has 0 fully saturated rings. The van der Waals surface area contributed by atoms with Crippen molar-refractivity contribution in [2.24, 2.45) is 0 Å². The summed E-state index contributed by atoms with van der Waals surface area (Å²) in [6.45, 7) is 4.18. The van der Waals surface area contributed by atoms with E-state index in [2.05, 4.69) is 9.71 Å². The van der Waals surface area contributed by atoms with E-state index < -0.39 is 21.8 Å². The number of hydrogen-bond donors (Lipinski definition) is 1.